The molecule has 1 aliphatic rings. The zero-order valence-electron chi connectivity index (χ0n) is 11.9. The van der Waals surface area contributed by atoms with E-state index in [0.29, 0.717) is 18.4 Å². The second-order valence-electron chi connectivity index (χ2n) is 5.49. The molecular weight excluding hydrogens is 236 g/mol. The van der Waals surface area contributed by atoms with Crippen molar-refractivity contribution < 1.29 is 4.79 Å². The fourth-order valence-electron chi connectivity index (χ4n) is 2.67. The van der Waals surface area contributed by atoms with Gasteiger partial charge in [-0.2, -0.15) is 0 Å². The number of amides is 1. The van der Waals surface area contributed by atoms with E-state index in [1.807, 2.05) is 12.1 Å². The number of hydrogen-bond acceptors (Lipinski definition) is 2. The number of carbonyl (C=O) groups excluding carboxylic acids is 1. The predicted octanol–water partition coefficient (Wildman–Crippen LogP) is 2.97. The molecule has 19 heavy (non-hydrogen) atoms. The first-order valence-corrected chi connectivity index (χ1v) is 7.31. The number of carbonyl (C=O) groups is 1. The topological polar surface area (TPSA) is 41.1 Å². The fourth-order valence-corrected chi connectivity index (χ4v) is 2.67. The summed E-state index contributed by atoms with van der Waals surface area (Å²) in [6.45, 7) is 5.38. The van der Waals surface area contributed by atoms with Gasteiger partial charge in [-0.05, 0) is 49.4 Å². The van der Waals surface area contributed by atoms with E-state index in [0.717, 1.165) is 18.7 Å². The molecule has 104 valence electrons. The summed E-state index contributed by atoms with van der Waals surface area (Å²) >= 11 is 0. The Balaban J connectivity index is 1.89. The van der Waals surface area contributed by atoms with Crippen molar-refractivity contribution in [2.24, 2.45) is 5.92 Å². The first-order chi connectivity index (χ1) is 9.19. The summed E-state index contributed by atoms with van der Waals surface area (Å²) < 4.78 is 0. The van der Waals surface area contributed by atoms with Gasteiger partial charge in [0.1, 0.15) is 0 Å². The van der Waals surface area contributed by atoms with Gasteiger partial charge >= 0.3 is 0 Å². The van der Waals surface area contributed by atoms with E-state index >= 15 is 0 Å². The molecule has 0 radical (unpaired) electrons. The Morgan fingerprint density at radius 1 is 1.47 bits per heavy atom. The third-order valence-electron chi connectivity index (χ3n) is 3.95. The normalized spacial score (nSPS) is 23.1. The van der Waals surface area contributed by atoms with Crippen molar-refractivity contribution in [1.29, 1.82) is 0 Å². The number of nitrogens with one attached hydrogen (secondary N) is 2. The minimum absolute atomic E-state index is 0.111. The average Bonchev–Trinajstić information content (AvgIpc) is 2.41. The molecule has 0 aromatic heterocycles. The van der Waals surface area contributed by atoms with Gasteiger partial charge in [0.15, 0.2) is 0 Å². The molecule has 1 saturated heterocycles. The largest absolute Gasteiger partial charge is 0.326 e. The Bertz CT molecular complexity index is 431. The van der Waals surface area contributed by atoms with Gasteiger partial charge in [0, 0.05) is 18.2 Å². The Morgan fingerprint density at radius 3 is 3.05 bits per heavy atom. The molecule has 0 bridgehead atoms. The molecule has 1 aromatic rings. The molecule has 0 spiro atoms. The highest BCUT2D eigenvalue weighted by Gasteiger charge is 2.23. The van der Waals surface area contributed by atoms with Crippen molar-refractivity contribution in [2.75, 3.05) is 11.9 Å². The first-order valence-electron chi connectivity index (χ1n) is 7.31. The summed E-state index contributed by atoms with van der Waals surface area (Å²) in [5.41, 5.74) is 2.16. The minimum Gasteiger partial charge on any atom is -0.326 e. The van der Waals surface area contributed by atoms with E-state index in [-0.39, 0.29) is 5.91 Å². The van der Waals surface area contributed by atoms with Gasteiger partial charge in [-0.15, -0.1) is 0 Å². The Hall–Kier alpha value is -1.35. The number of anilines is 1. The van der Waals surface area contributed by atoms with Crippen LogP contribution in [0.15, 0.2) is 24.3 Å². The van der Waals surface area contributed by atoms with Crippen LogP contribution >= 0.6 is 0 Å². The molecule has 2 rings (SSSR count). The summed E-state index contributed by atoms with van der Waals surface area (Å²) in [5.74, 6) is 0.695. The third-order valence-corrected chi connectivity index (χ3v) is 3.95. The summed E-state index contributed by atoms with van der Waals surface area (Å²) in [5, 5.41) is 6.45. The highest BCUT2D eigenvalue weighted by atomic mass is 16.1. The number of aryl methyl sites for hydroxylation is 1. The maximum Gasteiger partial charge on any atom is 0.225 e. The standard InChI is InChI=1S/C16H24N2O/c1-3-13-7-4-8-14(10-13)18-16(19)11-15-12(2)6-5-9-17-15/h4,7-8,10,12,15,17H,3,5-6,9,11H2,1-2H3,(H,18,19). The summed E-state index contributed by atoms with van der Waals surface area (Å²) in [6.07, 6.45) is 4.00. The minimum atomic E-state index is 0.111. The quantitative estimate of drug-likeness (QED) is 0.874. The van der Waals surface area contributed by atoms with Crippen LogP contribution in [-0.2, 0) is 11.2 Å². The number of hydrogen-bond donors (Lipinski definition) is 2. The van der Waals surface area contributed by atoms with Crippen LogP contribution in [0.4, 0.5) is 5.69 Å². The molecule has 1 aliphatic heterocycles. The maximum absolute atomic E-state index is 12.1. The van der Waals surface area contributed by atoms with E-state index in [1.54, 1.807) is 0 Å². The van der Waals surface area contributed by atoms with Crippen LogP contribution in [0.5, 0.6) is 0 Å². The second kappa shape index (κ2) is 6.71. The predicted molar refractivity (Wildman–Crippen MR) is 79.3 cm³/mol. The third kappa shape index (κ3) is 4.06. The van der Waals surface area contributed by atoms with E-state index in [2.05, 4.69) is 36.6 Å². The maximum atomic E-state index is 12.1. The van der Waals surface area contributed by atoms with Gasteiger partial charge in [0.05, 0.1) is 0 Å². The Kier molecular flexibility index (Phi) is 4.97. The van der Waals surface area contributed by atoms with Crippen molar-refractivity contribution >= 4 is 11.6 Å². The van der Waals surface area contributed by atoms with Crippen LogP contribution in [0.3, 0.4) is 0 Å². The van der Waals surface area contributed by atoms with Crippen LogP contribution in [0.1, 0.15) is 38.7 Å². The Labute approximate surface area is 115 Å². The Morgan fingerprint density at radius 2 is 2.32 bits per heavy atom. The molecule has 1 fully saturated rings. The van der Waals surface area contributed by atoms with Gasteiger partial charge in [-0.1, -0.05) is 26.0 Å². The van der Waals surface area contributed by atoms with Gasteiger partial charge in [0.25, 0.3) is 0 Å². The molecule has 2 atom stereocenters. The lowest BCUT2D eigenvalue weighted by atomic mass is 9.90. The first kappa shape index (κ1) is 14.1. The van der Waals surface area contributed by atoms with Gasteiger partial charge in [0.2, 0.25) is 5.91 Å². The molecule has 0 aliphatic carbocycles. The summed E-state index contributed by atoms with van der Waals surface area (Å²) in [4.78, 5) is 12.1. The zero-order valence-corrected chi connectivity index (χ0v) is 11.9. The molecule has 2 N–H and O–H groups in total. The molecular formula is C16H24N2O. The van der Waals surface area contributed by atoms with Crippen LogP contribution in [0.2, 0.25) is 0 Å². The lowest BCUT2D eigenvalue weighted by Gasteiger charge is -2.29. The van der Waals surface area contributed by atoms with Crippen LogP contribution in [-0.4, -0.2) is 18.5 Å². The highest BCUT2D eigenvalue weighted by Crippen LogP contribution is 2.19. The molecule has 3 nitrogen and oxygen atoms in total. The van der Waals surface area contributed by atoms with Crippen LogP contribution in [0, 0.1) is 5.92 Å². The molecule has 3 heteroatoms. The fraction of sp³-hybridized carbons (Fsp3) is 0.562. The van der Waals surface area contributed by atoms with E-state index in [1.165, 1.54) is 18.4 Å². The highest BCUT2D eigenvalue weighted by molar-refractivity contribution is 5.91. The molecule has 1 heterocycles. The van der Waals surface area contributed by atoms with Crippen molar-refractivity contribution in [1.82, 2.24) is 5.32 Å². The SMILES string of the molecule is CCc1cccc(NC(=O)CC2NCCCC2C)c1. The second-order valence-corrected chi connectivity index (χ2v) is 5.49. The van der Waals surface area contributed by atoms with E-state index < -0.39 is 0 Å². The van der Waals surface area contributed by atoms with E-state index in [9.17, 15) is 4.79 Å². The molecule has 1 amide bonds. The van der Waals surface area contributed by atoms with Crippen molar-refractivity contribution in [3.63, 3.8) is 0 Å². The summed E-state index contributed by atoms with van der Waals surface area (Å²) in [6, 6.07) is 8.41. The van der Waals surface area contributed by atoms with Crippen molar-refractivity contribution in [3.8, 4) is 0 Å². The van der Waals surface area contributed by atoms with Crippen molar-refractivity contribution in [2.45, 2.75) is 45.6 Å². The number of benzene rings is 1. The number of piperidine rings is 1. The lowest BCUT2D eigenvalue weighted by molar-refractivity contribution is -0.117. The van der Waals surface area contributed by atoms with E-state index in [4.69, 9.17) is 0 Å². The van der Waals surface area contributed by atoms with Crippen LogP contribution in [0.25, 0.3) is 0 Å². The van der Waals surface area contributed by atoms with Gasteiger partial charge < -0.3 is 10.6 Å². The summed E-state index contributed by atoms with van der Waals surface area (Å²) in [7, 11) is 0. The smallest absolute Gasteiger partial charge is 0.225 e. The van der Waals surface area contributed by atoms with Crippen molar-refractivity contribution in [3.05, 3.63) is 29.8 Å². The monoisotopic (exact) mass is 260 g/mol. The molecule has 2 unspecified atom stereocenters. The zero-order chi connectivity index (χ0) is 13.7. The molecule has 0 saturated carbocycles. The number of rotatable bonds is 4. The molecule has 1 aromatic carbocycles. The lowest BCUT2D eigenvalue weighted by Crippen LogP contribution is -2.42. The average molecular weight is 260 g/mol. The van der Waals surface area contributed by atoms with Crippen LogP contribution < -0.4 is 10.6 Å². The van der Waals surface area contributed by atoms with Gasteiger partial charge in [-0.25, -0.2) is 0 Å². The van der Waals surface area contributed by atoms with Gasteiger partial charge in [-0.3, -0.25) is 4.79 Å².